The second-order valence-corrected chi connectivity index (χ2v) is 9.40. The summed E-state index contributed by atoms with van der Waals surface area (Å²) in [5.41, 5.74) is 1.31. The van der Waals surface area contributed by atoms with Crippen molar-refractivity contribution in [2.24, 2.45) is 10.8 Å². The predicted molar refractivity (Wildman–Crippen MR) is 81.3 cm³/mol. The highest BCUT2D eigenvalue weighted by molar-refractivity contribution is 5.21. The maximum atomic E-state index is 3.80. The fourth-order valence-electron chi connectivity index (χ4n) is 4.20. The molecule has 0 radical (unpaired) electrons. The van der Waals surface area contributed by atoms with Crippen molar-refractivity contribution in [2.45, 2.75) is 90.9 Å². The molecule has 2 saturated carbocycles. The average Bonchev–Trinajstić information content (AvgIpc) is 3.12. The van der Waals surface area contributed by atoms with Gasteiger partial charge in [-0.1, -0.05) is 20.8 Å². The lowest BCUT2D eigenvalue weighted by molar-refractivity contribution is 0.0362. The Morgan fingerprint density at radius 1 is 1.05 bits per heavy atom. The van der Waals surface area contributed by atoms with Crippen LogP contribution in [0.3, 0.4) is 0 Å². The van der Waals surface area contributed by atoms with Crippen LogP contribution in [0.2, 0.25) is 0 Å². The molecule has 0 aromatic heterocycles. The number of nitrogens with zero attached hydrogens (tertiary/aromatic N) is 1. The smallest absolute Gasteiger partial charge is 0.0180 e. The molecule has 0 aromatic rings. The summed E-state index contributed by atoms with van der Waals surface area (Å²) >= 11 is 0. The normalized spacial score (nSPS) is 39.5. The van der Waals surface area contributed by atoms with Crippen molar-refractivity contribution >= 4 is 0 Å². The summed E-state index contributed by atoms with van der Waals surface area (Å²) in [4.78, 5) is 2.85. The molecule has 1 aliphatic heterocycles. The third-order valence-corrected chi connectivity index (χ3v) is 5.51. The molecule has 2 nitrogen and oxygen atoms in total. The van der Waals surface area contributed by atoms with E-state index in [-0.39, 0.29) is 0 Å². The molecule has 1 N–H and O–H groups in total. The van der Waals surface area contributed by atoms with Crippen LogP contribution in [0.15, 0.2) is 0 Å². The van der Waals surface area contributed by atoms with Crippen molar-refractivity contribution in [1.82, 2.24) is 10.2 Å². The van der Waals surface area contributed by atoms with E-state index in [0.717, 1.165) is 18.1 Å². The third kappa shape index (κ3) is 2.47. The molecule has 19 heavy (non-hydrogen) atoms. The van der Waals surface area contributed by atoms with Gasteiger partial charge in [-0.05, 0) is 51.9 Å². The summed E-state index contributed by atoms with van der Waals surface area (Å²) in [5, 5.41) is 3.80. The number of hydrogen-bond acceptors (Lipinski definition) is 2. The van der Waals surface area contributed by atoms with Crippen LogP contribution >= 0.6 is 0 Å². The Labute approximate surface area is 119 Å². The van der Waals surface area contributed by atoms with Crippen molar-refractivity contribution in [3.8, 4) is 0 Å². The molecule has 1 saturated heterocycles. The maximum Gasteiger partial charge on any atom is 0.0180 e. The lowest BCUT2D eigenvalue weighted by Gasteiger charge is -2.45. The van der Waals surface area contributed by atoms with E-state index >= 15 is 0 Å². The fraction of sp³-hybridized carbons (Fsp3) is 1.00. The molecule has 3 atom stereocenters. The fourth-order valence-corrected chi connectivity index (χ4v) is 4.20. The van der Waals surface area contributed by atoms with E-state index in [9.17, 15) is 0 Å². The molecule has 3 fully saturated rings. The quantitative estimate of drug-likeness (QED) is 0.840. The number of piperidine rings is 1. The standard InChI is InChI=1S/C17H32N2/c1-15(2,3)13-9-17(11-18-12-7-8-12)10-14(17)19(13)16(4,5)6/h12-14,18H,7-11H2,1-6H3/t13-,14?,17-/m0/s1. The SMILES string of the molecule is CC(C)(C)[C@@H]1C[C@@]2(CNC3CC3)CC2N1C(C)(C)C. The van der Waals surface area contributed by atoms with Gasteiger partial charge in [0.2, 0.25) is 0 Å². The first kappa shape index (κ1) is 13.9. The summed E-state index contributed by atoms with van der Waals surface area (Å²) in [5.74, 6) is 0. The Balaban J connectivity index is 1.75. The highest BCUT2D eigenvalue weighted by Crippen LogP contribution is 2.63. The van der Waals surface area contributed by atoms with E-state index in [0.29, 0.717) is 16.4 Å². The van der Waals surface area contributed by atoms with Crippen LogP contribution < -0.4 is 5.32 Å². The summed E-state index contributed by atoms with van der Waals surface area (Å²) in [6.45, 7) is 15.7. The van der Waals surface area contributed by atoms with Gasteiger partial charge in [-0.25, -0.2) is 0 Å². The van der Waals surface area contributed by atoms with E-state index < -0.39 is 0 Å². The van der Waals surface area contributed by atoms with E-state index in [1.807, 2.05) is 0 Å². The first-order chi connectivity index (χ1) is 8.63. The zero-order chi connectivity index (χ0) is 14.1. The molecule has 3 aliphatic rings. The number of fused-ring (bicyclic) bond motifs is 1. The second kappa shape index (κ2) is 3.98. The minimum absolute atomic E-state index is 0.306. The van der Waals surface area contributed by atoms with Crippen LogP contribution in [0.25, 0.3) is 0 Å². The monoisotopic (exact) mass is 264 g/mol. The third-order valence-electron chi connectivity index (χ3n) is 5.51. The van der Waals surface area contributed by atoms with Gasteiger partial charge in [0.25, 0.3) is 0 Å². The van der Waals surface area contributed by atoms with Crippen LogP contribution in [0.5, 0.6) is 0 Å². The van der Waals surface area contributed by atoms with Crippen LogP contribution in [0.1, 0.15) is 67.2 Å². The predicted octanol–water partition coefficient (Wildman–Crippen LogP) is 3.42. The van der Waals surface area contributed by atoms with Gasteiger partial charge in [-0.2, -0.15) is 0 Å². The van der Waals surface area contributed by atoms with Crippen LogP contribution in [0.4, 0.5) is 0 Å². The molecule has 0 aromatic carbocycles. The summed E-state index contributed by atoms with van der Waals surface area (Å²) < 4.78 is 0. The second-order valence-electron chi connectivity index (χ2n) is 9.40. The molecule has 0 spiro atoms. The minimum Gasteiger partial charge on any atom is -0.313 e. The highest BCUT2D eigenvalue weighted by atomic mass is 15.3. The first-order valence-corrected chi connectivity index (χ1v) is 8.15. The molecule has 2 heteroatoms. The lowest BCUT2D eigenvalue weighted by Crippen LogP contribution is -2.51. The average molecular weight is 264 g/mol. The Hall–Kier alpha value is -0.0800. The van der Waals surface area contributed by atoms with Crippen molar-refractivity contribution < 1.29 is 0 Å². The van der Waals surface area contributed by atoms with Gasteiger partial charge >= 0.3 is 0 Å². The van der Waals surface area contributed by atoms with E-state index in [4.69, 9.17) is 0 Å². The molecule has 3 rings (SSSR count). The van der Waals surface area contributed by atoms with Gasteiger partial charge < -0.3 is 5.32 Å². The topological polar surface area (TPSA) is 15.3 Å². The van der Waals surface area contributed by atoms with Gasteiger partial charge in [-0.15, -0.1) is 0 Å². The highest BCUT2D eigenvalue weighted by Gasteiger charge is 2.67. The summed E-state index contributed by atoms with van der Waals surface area (Å²) in [6.07, 6.45) is 5.65. The number of rotatable bonds is 3. The van der Waals surface area contributed by atoms with Crippen LogP contribution in [-0.4, -0.2) is 35.1 Å². The van der Waals surface area contributed by atoms with Crippen molar-refractivity contribution in [3.63, 3.8) is 0 Å². The molecule has 1 unspecified atom stereocenters. The first-order valence-electron chi connectivity index (χ1n) is 8.15. The zero-order valence-corrected chi connectivity index (χ0v) is 13.7. The van der Waals surface area contributed by atoms with Crippen molar-refractivity contribution in [2.75, 3.05) is 6.54 Å². The number of likely N-dealkylation sites (tertiary alicyclic amines) is 1. The Morgan fingerprint density at radius 3 is 2.11 bits per heavy atom. The molecule has 1 heterocycles. The maximum absolute atomic E-state index is 3.80. The zero-order valence-electron chi connectivity index (χ0n) is 13.7. The summed E-state index contributed by atoms with van der Waals surface area (Å²) in [7, 11) is 0. The number of nitrogens with one attached hydrogen (secondary N) is 1. The minimum atomic E-state index is 0.306. The Morgan fingerprint density at radius 2 is 1.68 bits per heavy atom. The van der Waals surface area contributed by atoms with Gasteiger partial charge in [0, 0.05) is 35.6 Å². The van der Waals surface area contributed by atoms with E-state index in [1.54, 1.807) is 0 Å². The van der Waals surface area contributed by atoms with E-state index in [1.165, 1.54) is 32.2 Å². The molecule has 0 amide bonds. The molecule has 2 aliphatic carbocycles. The van der Waals surface area contributed by atoms with Gasteiger partial charge in [0.1, 0.15) is 0 Å². The number of hydrogen-bond donors (Lipinski definition) is 1. The Bertz CT molecular complexity index is 358. The Kier molecular flexibility index (Phi) is 2.91. The van der Waals surface area contributed by atoms with Crippen molar-refractivity contribution in [1.29, 1.82) is 0 Å². The molecule has 0 bridgehead atoms. The van der Waals surface area contributed by atoms with Gasteiger partial charge in [0.15, 0.2) is 0 Å². The van der Waals surface area contributed by atoms with Gasteiger partial charge in [-0.3, -0.25) is 4.90 Å². The molecule has 110 valence electrons. The van der Waals surface area contributed by atoms with Crippen LogP contribution in [0, 0.1) is 10.8 Å². The van der Waals surface area contributed by atoms with Crippen LogP contribution in [-0.2, 0) is 0 Å². The van der Waals surface area contributed by atoms with Gasteiger partial charge in [0.05, 0.1) is 0 Å². The molecular formula is C17H32N2. The summed E-state index contributed by atoms with van der Waals surface area (Å²) in [6, 6.07) is 2.43. The van der Waals surface area contributed by atoms with Crippen molar-refractivity contribution in [3.05, 3.63) is 0 Å². The largest absolute Gasteiger partial charge is 0.313 e. The van der Waals surface area contributed by atoms with E-state index in [2.05, 4.69) is 51.8 Å². The molecular weight excluding hydrogens is 232 g/mol. The lowest BCUT2D eigenvalue weighted by atomic mass is 9.80.